The van der Waals surface area contributed by atoms with Crippen molar-refractivity contribution in [3.05, 3.63) is 54.1 Å². The van der Waals surface area contributed by atoms with Gasteiger partial charge in [0.2, 0.25) is 5.91 Å². The highest BCUT2D eigenvalue weighted by Crippen LogP contribution is 2.39. The minimum atomic E-state index is -0.842. The second kappa shape index (κ2) is 7.16. The normalized spacial score (nSPS) is 25.1. The SMILES string of the molecule is O=C1NC(=O)C2(CCC(C(=O)Nc3ccccc3N3CCc4ccccc43)CC2)N1. The molecule has 2 aliphatic heterocycles. The van der Waals surface area contributed by atoms with Crippen LogP contribution in [0.1, 0.15) is 31.2 Å². The lowest BCUT2D eigenvalue weighted by molar-refractivity contribution is -0.128. The molecule has 1 spiro atoms. The van der Waals surface area contributed by atoms with Crippen molar-refractivity contribution in [2.75, 3.05) is 16.8 Å². The fourth-order valence-electron chi connectivity index (χ4n) is 4.89. The molecule has 4 amide bonds. The highest BCUT2D eigenvalue weighted by atomic mass is 16.2. The van der Waals surface area contributed by atoms with Gasteiger partial charge in [0, 0.05) is 18.2 Å². The number of hydrogen-bond acceptors (Lipinski definition) is 4. The van der Waals surface area contributed by atoms with Crippen LogP contribution in [0, 0.1) is 5.92 Å². The third-order valence-electron chi connectivity index (χ3n) is 6.56. The van der Waals surface area contributed by atoms with Gasteiger partial charge in [-0.1, -0.05) is 30.3 Å². The average molecular weight is 404 g/mol. The van der Waals surface area contributed by atoms with E-state index in [-0.39, 0.29) is 17.7 Å². The third-order valence-corrected chi connectivity index (χ3v) is 6.56. The maximum Gasteiger partial charge on any atom is 0.322 e. The molecule has 2 aromatic carbocycles. The van der Waals surface area contributed by atoms with Gasteiger partial charge in [-0.05, 0) is 55.9 Å². The lowest BCUT2D eigenvalue weighted by atomic mass is 9.76. The van der Waals surface area contributed by atoms with Gasteiger partial charge >= 0.3 is 6.03 Å². The molecule has 154 valence electrons. The van der Waals surface area contributed by atoms with Crippen LogP contribution in [-0.2, 0) is 16.0 Å². The van der Waals surface area contributed by atoms with E-state index in [4.69, 9.17) is 0 Å². The van der Waals surface area contributed by atoms with Crippen molar-refractivity contribution >= 4 is 34.9 Å². The molecule has 0 bridgehead atoms. The fourth-order valence-corrected chi connectivity index (χ4v) is 4.89. The van der Waals surface area contributed by atoms with Crippen LogP contribution in [0.3, 0.4) is 0 Å². The van der Waals surface area contributed by atoms with Crippen molar-refractivity contribution in [1.29, 1.82) is 0 Å². The van der Waals surface area contributed by atoms with E-state index in [0.29, 0.717) is 25.7 Å². The van der Waals surface area contributed by atoms with Crippen molar-refractivity contribution in [3.8, 4) is 0 Å². The van der Waals surface area contributed by atoms with Crippen molar-refractivity contribution in [2.45, 2.75) is 37.6 Å². The number of carbonyl (C=O) groups is 3. The summed E-state index contributed by atoms with van der Waals surface area (Å²) in [6.45, 7) is 0.882. The van der Waals surface area contributed by atoms with E-state index in [0.717, 1.165) is 24.3 Å². The number of urea groups is 1. The molecule has 3 aliphatic rings. The van der Waals surface area contributed by atoms with Gasteiger partial charge in [-0.2, -0.15) is 0 Å². The zero-order valence-corrected chi connectivity index (χ0v) is 16.6. The van der Waals surface area contributed by atoms with E-state index >= 15 is 0 Å². The van der Waals surface area contributed by atoms with Crippen molar-refractivity contribution in [1.82, 2.24) is 10.6 Å². The molecular weight excluding hydrogens is 380 g/mol. The molecule has 5 rings (SSSR count). The number of benzene rings is 2. The number of imide groups is 1. The molecule has 2 fully saturated rings. The van der Waals surface area contributed by atoms with Gasteiger partial charge in [-0.3, -0.25) is 14.9 Å². The maximum atomic E-state index is 13.0. The Labute approximate surface area is 174 Å². The van der Waals surface area contributed by atoms with Crippen molar-refractivity contribution in [3.63, 3.8) is 0 Å². The number of carbonyl (C=O) groups excluding carboxylic acids is 3. The predicted octanol–water partition coefficient (Wildman–Crippen LogP) is 3.09. The Kier molecular flexibility index (Phi) is 4.46. The number of fused-ring (bicyclic) bond motifs is 1. The Morgan fingerprint density at radius 3 is 2.43 bits per heavy atom. The quantitative estimate of drug-likeness (QED) is 0.686. The molecule has 0 unspecified atom stereocenters. The molecule has 3 N–H and O–H groups in total. The number of rotatable bonds is 3. The van der Waals surface area contributed by atoms with Gasteiger partial charge < -0.3 is 15.5 Å². The summed E-state index contributed by atoms with van der Waals surface area (Å²) in [5.41, 5.74) is 3.44. The van der Waals surface area contributed by atoms with E-state index in [1.54, 1.807) is 0 Å². The first-order valence-electron chi connectivity index (χ1n) is 10.4. The molecule has 0 atom stereocenters. The highest BCUT2D eigenvalue weighted by molar-refractivity contribution is 6.07. The number of anilines is 3. The summed E-state index contributed by atoms with van der Waals surface area (Å²) >= 11 is 0. The van der Waals surface area contributed by atoms with Crippen LogP contribution in [0.5, 0.6) is 0 Å². The third kappa shape index (κ3) is 3.10. The van der Waals surface area contributed by atoms with Crippen LogP contribution in [-0.4, -0.2) is 29.9 Å². The largest absolute Gasteiger partial charge is 0.339 e. The van der Waals surface area contributed by atoms with E-state index < -0.39 is 11.6 Å². The molecule has 1 saturated heterocycles. The Morgan fingerprint density at radius 1 is 1.00 bits per heavy atom. The molecule has 0 radical (unpaired) electrons. The summed E-state index contributed by atoms with van der Waals surface area (Å²) in [7, 11) is 0. The summed E-state index contributed by atoms with van der Waals surface area (Å²) in [4.78, 5) is 38.9. The van der Waals surface area contributed by atoms with Crippen LogP contribution >= 0.6 is 0 Å². The highest BCUT2D eigenvalue weighted by Gasteiger charge is 2.48. The van der Waals surface area contributed by atoms with Crippen LogP contribution in [0.2, 0.25) is 0 Å². The molecule has 30 heavy (non-hydrogen) atoms. The first kappa shape index (κ1) is 18.7. The van der Waals surface area contributed by atoms with Crippen LogP contribution < -0.4 is 20.9 Å². The molecule has 1 aliphatic carbocycles. The van der Waals surface area contributed by atoms with E-state index in [1.165, 1.54) is 11.3 Å². The minimum absolute atomic E-state index is 0.0329. The Morgan fingerprint density at radius 2 is 1.70 bits per heavy atom. The minimum Gasteiger partial charge on any atom is -0.339 e. The summed E-state index contributed by atoms with van der Waals surface area (Å²) in [6, 6.07) is 15.8. The molecule has 2 heterocycles. The topological polar surface area (TPSA) is 90.5 Å². The van der Waals surface area contributed by atoms with E-state index in [1.807, 2.05) is 30.3 Å². The Hall–Kier alpha value is -3.35. The van der Waals surface area contributed by atoms with Crippen molar-refractivity contribution in [2.24, 2.45) is 5.92 Å². The Balaban J connectivity index is 1.30. The summed E-state index contributed by atoms with van der Waals surface area (Å²) in [5.74, 6) is -0.487. The number of para-hydroxylation sites is 3. The standard InChI is InChI=1S/C23H24N4O3/c28-20(16-9-12-23(13-10-16)21(29)25-22(30)26-23)24-17-6-2-4-8-19(17)27-14-11-15-5-1-3-7-18(15)27/h1-8,16H,9-14H2,(H,24,28)(H2,25,26,29,30). The summed E-state index contributed by atoms with van der Waals surface area (Å²) < 4.78 is 0. The number of hydrogen-bond donors (Lipinski definition) is 3. The van der Waals surface area contributed by atoms with Crippen LogP contribution in [0.4, 0.5) is 21.9 Å². The molecule has 7 heteroatoms. The molecule has 1 saturated carbocycles. The molecule has 2 aromatic rings. The first-order valence-corrected chi connectivity index (χ1v) is 10.4. The van der Waals surface area contributed by atoms with Crippen LogP contribution in [0.15, 0.2) is 48.5 Å². The fraction of sp³-hybridized carbons (Fsp3) is 0.348. The molecule has 0 aromatic heterocycles. The monoisotopic (exact) mass is 404 g/mol. The van der Waals surface area contributed by atoms with Gasteiger partial charge in [0.15, 0.2) is 0 Å². The van der Waals surface area contributed by atoms with Gasteiger partial charge in [-0.25, -0.2) is 4.79 Å². The van der Waals surface area contributed by atoms with Crippen molar-refractivity contribution < 1.29 is 14.4 Å². The lowest BCUT2D eigenvalue weighted by Gasteiger charge is -2.34. The van der Waals surface area contributed by atoms with Gasteiger partial charge in [0.1, 0.15) is 5.54 Å². The summed E-state index contributed by atoms with van der Waals surface area (Å²) in [5, 5.41) is 8.18. The Bertz CT molecular complexity index is 1030. The average Bonchev–Trinajstić information content (AvgIpc) is 3.29. The molecular formula is C23H24N4O3. The number of amides is 4. The first-order chi connectivity index (χ1) is 14.6. The number of nitrogens with zero attached hydrogens (tertiary/aromatic N) is 1. The second-order valence-corrected chi connectivity index (χ2v) is 8.30. The lowest BCUT2D eigenvalue weighted by Crippen LogP contribution is -2.50. The predicted molar refractivity (Wildman–Crippen MR) is 114 cm³/mol. The zero-order chi connectivity index (χ0) is 20.7. The zero-order valence-electron chi connectivity index (χ0n) is 16.6. The second-order valence-electron chi connectivity index (χ2n) is 8.30. The maximum absolute atomic E-state index is 13.0. The summed E-state index contributed by atoms with van der Waals surface area (Å²) in [6.07, 6.45) is 3.06. The van der Waals surface area contributed by atoms with Crippen LogP contribution in [0.25, 0.3) is 0 Å². The van der Waals surface area contributed by atoms with E-state index in [2.05, 4.69) is 39.0 Å². The van der Waals surface area contributed by atoms with Gasteiger partial charge in [0.25, 0.3) is 5.91 Å². The smallest absolute Gasteiger partial charge is 0.322 e. The van der Waals surface area contributed by atoms with Gasteiger partial charge in [-0.15, -0.1) is 0 Å². The van der Waals surface area contributed by atoms with E-state index in [9.17, 15) is 14.4 Å². The van der Waals surface area contributed by atoms with Gasteiger partial charge in [0.05, 0.1) is 11.4 Å². The molecule has 7 nitrogen and oxygen atoms in total. The number of nitrogens with one attached hydrogen (secondary N) is 3.